The first-order valence-electron chi connectivity index (χ1n) is 5.23. The van der Waals surface area contributed by atoms with Gasteiger partial charge in [-0.15, -0.1) is 0 Å². The van der Waals surface area contributed by atoms with Crippen molar-refractivity contribution in [3.63, 3.8) is 0 Å². The van der Waals surface area contributed by atoms with E-state index in [2.05, 4.69) is 37.4 Å². The predicted molar refractivity (Wildman–Crippen MR) is 57.8 cm³/mol. The molecular formula is C12H17NO. The minimum atomic E-state index is 0.370. The first-order chi connectivity index (χ1) is 6.77. The molecule has 1 saturated heterocycles. The Hall–Kier alpha value is -1.02. The van der Waals surface area contributed by atoms with Crippen LogP contribution < -0.4 is 10.1 Å². The number of benzene rings is 1. The summed E-state index contributed by atoms with van der Waals surface area (Å²) in [6.45, 7) is 6.35. The molecule has 0 spiro atoms. The van der Waals surface area contributed by atoms with Gasteiger partial charge in [0.1, 0.15) is 11.9 Å². The van der Waals surface area contributed by atoms with Crippen molar-refractivity contribution in [3.8, 4) is 5.75 Å². The van der Waals surface area contributed by atoms with Crippen LogP contribution in [0.5, 0.6) is 5.75 Å². The fourth-order valence-corrected chi connectivity index (χ4v) is 1.59. The number of ether oxygens (including phenoxy) is 1. The highest BCUT2D eigenvalue weighted by Gasteiger charge is 2.19. The fourth-order valence-electron chi connectivity index (χ4n) is 1.59. The molecule has 2 heteroatoms. The average Bonchev–Trinajstić information content (AvgIpc) is 2.12. The van der Waals surface area contributed by atoms with E-state index in [-0.39, 0.29) is 0 Å². The topological polar surface area (TPSA) is 21.3 Å². The van der Waals surface area contributed by atoms with Crippen LogP contribution in [0.3, 0.4) is 0 Å². The van der Waals surface area contributed by atoms with Crippen molar-refractivity contribution in [2.75, 3.05) is 13.1 Å². The smallest absolute Gasteiger partial charge is 0.123 e. The summed E-state index contributed by atoms with van der Waals surface area (Å²) in [6, 6.07) is 8.31. The molecule has 1 N–H and O–H groups in total. The third kappa shape index (κ3) is 1.90. The monoisotopic (exact) mass is 191 g/mol. The molecule has 0 atom stereocenters. The van der Waals surface area contributed by atoms with E-state index >= 15 is 0 Å². The van der Waals surface area contributed by atoms with E-state index in [1.165, 1.54) is 5.56 Å². The largest absolute Gasteiger partial charge is 0.487 e. The Morgan fingerprint density at radius 1 is 1.29 bits per heavy atom. The second kappa shape index (κ2) is 4.01. The van der Waals surface area contributed by atoms with Crippen molar-refractivity contribution in [2.24, 2.45) is 0 Å². The van der Waals surface area contributed by atoms with Crippen LogP contribution in [-0.4, -0.2) is 19.2 Å². The molecule has 1 heterocycles. The first kappa shape index (κ1) is 9.53. The lowest BCUT2D eigenvalue weighted by molar-refractivity contribution is 0.140. The van der Waals surface area contributed by atoms with Crippen LogP contribution in [-0.2, 0) is 0 Å². The molecule has 0 saturated carbocycles. The van der Waals surface area contributed by atoms with Crippen molar-refractivity contribution < 1.29 is 4.74 Å². The Kier molecular flexibility index (Phi) is 2.73. The molecular weight excluding hydrogens is 174 g/mol. The molecule has 76 valence electrons. The predicted octanol–water partition coefficient (Wildman–Crippen LogP) is 2.16. The van der Waals surface area contributed by atoms with E-state index in [1.54, 1.807) is 0 Å². The SMILES string of the molecule is CC(C)c1ccccc1OC1CNC1. The second-order valence-electron chi connectivity index (χ2n) is 4.09. The van der Waals surface area contributed by atoms with E-state index in [0.29, 0.717) is 12.0 Å². The van der Waals surface area contributed by atoms with Gasteiger partial charge in [0, 0.05) is 13.1 Å². The third-order valence-corrected chi connectivity index (χ3v) is 2.58. The number of hydrogen-bond donors (Lipinski definition) is 1. The number of nitrogens with one attached hydrogen (secondary N) is 1. The van der Waals surface area contributed by atoms with Crippen LogP contribution in [0, 0.1) is 0 Å². The Morgan fingerprint density at radius 2 is 2.00 bits per heavy atom. The van der Waals surface area contributed by atoms with Crippen LogP contribution in [0.4, 0.5) is 0 Å². The molecule has 0 radical (unpaired) electrons. The van der Waals surface area contributed by atoms with Gasteiger partial charge in [0.05, 0.1) is 0 Å². The zero-order valence-electron chi connectivity index (χ0n) is 8.79. The molecule has 1 aromatic rings. The Bertz CT molecular complexity index is 305. The van der Waals surface area contributed by atoms with Gasteiger partial charge in [-0.3, -0.25) is 0 Å². The summed E-state index contributed by atoms with van der Waals surface area (Å²) in [7, 11) is 0. The summed E-state index contributed by atoms with van der Waals surface area (Å²) in [6.07, 6.45) is 0.370. The lowest BCUT2D eigenvalue weighted by atomic mass is 10.0. The standard InChI is InChI=1S/C12H17NO/c1-9(2)11-5-3-4-6-12(11)14-10-7-13-8-10/h3-6,9-10,13H,7-8H2,1-2H3. The minimum absolute atomic E-state index is 0.370. The van der Waals surface area contributed by atoms with Gasteiger partial charge >= 0.3 is 0 Å². The number of rotatable bonds is 3. The molecule has 0 amide bonds. The molecule has 0 unspecified atom stereocenters. The van der Waals surface area contributed by atoms with E-state index in [1.807, 2.05) is 6.07 Å². The molecule has 0 aromatic heterocycles. The summed E-state index contributed by atoms with van der Waals surface area (Å²) in [5.74, 6) is 1.58. The molecule has 1 aliphatic heterocycles. The van der Waals surface area contributed by atoms with Crippen molar-refractivity contribution in [3.05, 3.63) is 29.8 Å². The minimum Gasteiger partial charge on any atom is -0.487 e. The number of para-hydroxylation sites is 1. The van der Waals surface area contributed by atoms with Gasteiger partial charge in [-0.1, -0.05) is 32.0 Å². The first-order valence-corrected chi connectivity index (χ1v) is 5.23. The maximum absolute atomic E-state index is 5.88. The molecule has 14 heavy (non-hydrogen) atoms. The van der Waals surface area contributed by atoms with E-state index in [0.717, 1.165) is 18.8 Å². The van der Waals surface area contributed by atoms with E-state index in [4.69, 9.17) is 4.74 Å². The third-order valence-electron chi connectivity index (χ3n) is 2.58. The average molecular weight is 191 g/mol. The van der Waals surface area contributed by atoms with Gasteiger partial charge in [-0.05, 0) is 17.5 Å². The van der Waals surface area contributed by atoms with Gasteiger partial charge in [0.25, 0.3) is 0 Å². The molecule has 1 aromatic carbocycles. The van der Waals surface area contributed by atoms with Crippen LogP contribution >= 0.6 is 0 Å². The maximum Gasteiger partial charge on any atom is 0.123 e. The van der Waals surface area contributed by atoms with E-state index in [9.17, 15) is 0 Å². The maximum atomic E-state index is 5.88. The summed E-state index contributed by atoms with van der Waals surface area (Å²) >= 11 is 0. The van der Waals surface area contributed by atoms with Gasteiger partial charge < -0.3 is 10.1 Å². The number of hydrogen-bond acceptors (Lipinski definition) is 2. The fraction of sp³-hybridized carbons (Fsp3) is 0.500. The zero-order valence-corrected chi connectivity index (χ0v) is 8.79. The highest BCUT2D eigenvalue weighted by atomic mass is 16.5. The van der Waals surface area contributed by atoms with Gasteiger partial charge in [0.15, 0.2) is 0 Å². The molecule has 0 bridgehead atoms. The molecule has 1 aliphatic rings. The van der Waals surface area contributed by atoms with Gasteiger partial charge in [0.2, 0.25) is 0 Å². The Labute approximate surface area is 85.3 Å². The normalized spacial score (nSPS) is 16.8. The van der Waals surface area contributed by atoms with Crippen LogP contribution in [0.2, 0.25) is 0 Å². The van der Waals surface area contributed by atoms with Crippen LogP contribution in [0.1, 0.15) is 25.3 Å². The van der Waals surface area contributed by atoms with Crippen LogP contribution in [0.15, 0.2) is 24.3 Å². The van der Waals surface area contributed by atoms with Crippen molar-refractivity contribution in [1.29, 1.82) is 0 Å². The highest BCUT2D eigenvalue weighted by molar-refractivity contribution is 5.35. The highest BCUT2D eigenvalue weighted by Crippen LogP contribution is 2.27. The lowest BCUT2D eigenvalue weighted by Gasteiger charge is -2.29. The quantitative estimate of drug-likeness (QED) is 0.790. The Morgan fingerprint density at radius 3 is 2.57 bits per heavy atom. The van der Waals surface area contributed by atoms with Gasteiger partial charge in [-0.25, -0.2) is 0 Å². The Balaban J connectivity index is 2.13. The zero-order chi connectivity index (χ0) is 9.97. The van der Waals surface area contributed by atoms with Crippen molar-refractivity contribution in [1.82, 2.24) is 5.32 Å². The van der Waals surface area contributed by atoms with Gasteiger partial charge in [-0.2, -0.15) is 0 Å². The molecule has 2 rings (SSSR count). The lowest BCUT2D eigenvalue weighted by Crippen LogP contribution is -2.50. The van der Waals surface area contributed by atoms with E-state index < -0.39 is 0 Å². The summed E-state index contributed by atoms with van der Waals surface area (Å²) in [5, 5.41) is 3.21. The molecule has 2 nitrogen and oxygen atoms in total. The van der Waals surface area contributed by atoms with Crippen molar-refractivity contribution >= 4 is 0 Å². The summed E-state index contributed by atoms with van der Waals surface area (Å²) < 4.78 is 5.88. The molecule has 0 aliphatic carbocycles. The summed E-state index contributed by atoms with van der Waals surface area (Å²) in [5.41, 5.74) is 1.31. The second-order valence-corrected chi connectivity index (χ2v) is 4.09. The van der Waals surface area contributed by atoms with Crippen LogP contribution in [0.25, 0.3) is 0 Å². The molecule has 1 fully saturated rings. The van der Waals surface area contributed by atoms with Crippen molar-refractivity contribution in [2.45, 2.75) is 25.9 Å². The summed E-state index contributed by atoms with van der Waals surface area (Å²) in [4.78, 5) is 0.